The van der Waals surface area contributed by atoms with Gasteiger partial charge in [-0.2, -0.15) is 0 Å². The summed E-state index contributed by atoms with van der Waals surface area (Å²) < 4.78 is 0. The Morgan fingerprint density at radius 3 is 2.94 bits per heavy atom. The van der Waals surface area contributed by atoms with Crippen LogP contribution >= 0.6 is 11.3 Å². The molecule has 0 unspecified atom stereocenters. The number of nitrogens with one attached hydrogen (secondary N) is 2. The fourth-order valence-corrected chi connectivity index (χ4v) is 1.97. The highest BCUT2D eigenvalue weighted by Gasteiger charge is 2.02. The summed E-state index contributed by atoms with van der Waals surface area (Å²) in [4.78, 5) is 15.7. The summed E-state index contributed by atoms with van der Waals surface area (Å²) in [7, 11) is 0. The molecule has 0 aliphatic heterocycles. The zero-order valence-corrected chi connectivity index (χ0v) is 10.7. The van der Waals surface area contributed by atoms with Crippen LogP contribution in [0.3, 0.4) is 0 Å². The summed E-state index contributed by atoms with van der Waals surface area (Å²) in [5.41, 5.74) is 1.02. The largest absolute Gasteiger partial charge is 0.355 e. The highest BCUT2D eigenvalue weighted by Crippen LogP contribution is 2.09. The SMILES string of the molecule is CCCNC(=O)CNCc1csc(CC)n1. The molecule has 1 amide bonds. The normalized spacial score (nSPS) is 10.4. The number of amides is 1. The number of carbonyl (C=O) groups is 1. The van der Waals surface area contributed by atoms with Gasteiger partial charge in [0.15, 0.2) is 0 Å². The summed E-state index contributed by atoms with van der Waals surface area (Å²) in [6, 6.07) is 0. The molecule has 0 fully saturated rings. The molecule has 1 heterocycles. The molecule has 4 nitrogen and oxygen atoms in total. The minimum atomic E-state index is 0.0489. The van der Waals surface area contributed by atoms with E-state index in [1.165, 1.54) is 0 Å². The van der Waals surface area contributed by atoms with Crippen molar-refractivity contribution in [2.24, 2.45) is 0 Å². The van der Waals surface area contributed by atoms with Gasteiger partial charge in [0.2, 0.25) is 5.91 Å². The number of carbonyl (C=O) groups excluding carboxylic acids is 1. The minimum absolute atomic E-state index is 0.0489. The molecule has 0 spiro atoms. The molecule has 2 N–H and O–H groups in total. The first-order valence-corrected chi connectivity index (χ1v) is 6.55. The quantitative estimate of drug-likeness (QED) is 0.757. The first kappa shape index (κ1) is 13.1. The highest BCUT2D eigenvalue weighted by atomic mass is 32.1. The van der Waals surface area contributed by atoms with Crippen molar-refractivity contribution in [1.29, 1.82) is 0 Å². The molecule has 0 aliphatic carbocycles. The summed E-state index contributed by atoms with van der Waals surface area (Å²) in [5.74, 6) is 0.0489. The molecule has 90 valence electrons. The Balaban J connectivity index is 2.17. The first-order chi connectivity index (χ1) is 7.76. The molecule has 16 heavy (non-hydrogen) atoms. The van der Waals surface area contributed by atoms with Gasteiger partial charge >= 0.3 is 0 Å². The Bertz CT molecular complexity index is 325. The fourth-order valence-electron chi connectivity index (χ4n) is 1.22. The Hall–Kier alpha value is -0.940. The van der Waals surface area contributed by atoms with Crippen LogP contribution in [0, 0.1) is 0 Å². The number of rotatable bonds is 7. The molecule has 0 saturated carbocycles. The molecule has 0 radical (unpaired) electrons. The van der Waals surface area contributed by atoms with Crippen molar-refractivity contribution in [3.05, 3.63) is 16.1 Å². The third-order valence-corrected chi connectivity index (χ3v) is 3.11. The molecule has 0 aromatic carbocycles. The molecule has 0 saturated heterocycles. The maximum Gasteiger partial charge on any atom is 0.233 e. The predicted molar refractivity (Wildman–Crippen MR) is 66.5 cm³/mol. The van der Waals surface area contributed by atoms with Gasteiger partial charge in [-0.05, 0) is 12.8 Å². The van der Waals surface area contributed by atoms with Crippen LogP contribution in [0.15, 0.2) is 5.38 Å². The maximum atomic E-state index is 11.3. The second-order valence-electron chi connectivity index (χ2n) is 3.54. The van der Waals surface area contributed by atoms with Crippen LogP contribution in [-0.4, -0.2) is 24.0 Å². The van der Waals surface area contributed by atoms with Crippen LogP contribution in [0.2, 0.25) is 0 Å². The third kappa shape index (κ3) is 4.72. The number of thiazole rings is 1. The van der Waals surface area contributed by atoms with E-state index in [-0.39, 0.29) is 5.91 Å². The Morgan fingerprint density at radius 1 is 1.50 bits per heavy atom. The van der Waals surface area contributed by atoms with Crippen molar-refractivity contribution >= 4 is 17.2 Å². The van der Waals surface area contributed by atoms with E-state index in [1.807, 2.05) is 12.3 Å². The zero-order valence-electron chi connectivity index (χ0n) is 9.88. The molecule has 1 aromatic rings. The standard InChI is InChI=1S/C11H19N3OS/c1-3-5-13-10(15)7-12-6-9-8-16-11(4-2)14-9/h8,12H,3-7H2,1-2H3,(H,13,15). The van der Waals surface area contributed by atoms with Crippen LogP contribution in [0.25, 0.3) is 0 Å². The summed E-state index contributed by atoms with van der Waals surface area (Å²) in [6.07, 6.45) is 1.94. The van der Waals surface area contributed by atoms with Crippen LogP contribution in [0.1, 0.15) is 31.0 Å². The van der Waals surface area contributed by atoms with Gasteiger partial charge in [-0.25, -0.2) is 4.98 Å². The second kappa shape index (κ2) is 7.35. The minimum Gasteiger partial charge on any atom is -0.355 e. The van der Waals surface area contributed by atoms with E-state index in [4.69, 9.17) is 0 Å². The van der Waals surface area contributed by atoms with Crippen LogP contribution in [0.4, 0.5) is 0 Å². The average molecular weight is 241 g/mol. The third-order valence-electron chi connectivity index (χ3n) is 2.07. The molecule has 0 aliphatic rings. The van der Waals surface area contributed by atoms with Crippen molar-refractivity contribution in [2.75, 3.05) is 13.1 Å². The molecule has 0 atom stereocenters. The van der Waals surface area contributed by atoms with Crippen molar-refractivity contribution in [1.82, 2.24) is 15.6 Å². The highest BCUT2D eigenvalue weighted by molar-refractivity contribution is 7.09. The van der Waals surface area contributed by atoms with Gasteiger partial charge in [-0.1, -0.05) is 13.8 Å². The van der Waals surface area contributed by atoms with E-state index in [1.54, 1.807) is 11.3 Å². The van der Waals surface area contributed by atoms with Crippen LogP contribution < -0.4 is 10.6 Å². The van der Waals surface area contributed by atoms with Gasteiger partial charge in [0.05, 0.1) is 17.2 Å². The lowest BCUT2D eigenvalue weighted by molar-refractivity contribution is -0.120. The smallest absolute Gasteiger partial charge is 0.233 e. The molecule has 0 bridgehead atoms. The Labute approximate surface area is 100 Å². The number of hydrogen-bond donors (Lipinski definition) is 2. The van der Waals surface area contributed by atoms with E-state index >= 15 is 0 Å². The average Bonchev–Trinajstić information content (AvgIpc) is 2.74. The topological polar surface area (TPSA) is 54.0 Å². The number of nitrogens with zero attached hydrogens (tertiary/aromatic N) is 1. The molecule has 1 aromatic heterocycles. The van der Waals surface area contributed by atoms with Crippen molar-refractivity contribution in [2.45, 2.75) is 33.2 Å². The zero-order chi connectivity index (χ0) is 11.8. The maximum absolute atomic E-state index is 11.3. The van der Waals surface area contributed by atoms with E-state index < -0.39 is 0 Å². The number of hydrogen-bond acceptors (Lipinski definition) is 4. The molecule has 5 heteroatoms. The van der Waals surface area contributed by atoms with Crippen molar-refractivity contribution < 1.29 is 4.79 Å². The summed E-state index contributed by atoms with van der Waals surface area (Å²) in [6.45, 7) is 5.90. The fraction of sp³-hybridized carbons (Fsp3) is 0.636. The second-order valence-corrected chi connectivity index (χ2v) is 4.48. The van der Waals surface area contributed by atoms with E-state index in [2.05, 4.69) is 22.5 Å². The molecule has 1 rings (SSSR count). The molecular weight excluding hydrogens is 222 g/mol. The van der Waals surface area contributed by atoms with E-state index in [0.717, 1.165) is 30.1 Å². The van der Waals surface area contributed by atoms with Gasteiger partial charge < -0.3 is 10.6 Å². The Morgan fingerprint density at radius 2 is 2.31 bits per heavy atom. The van der Waals surface area contributed by atoms with Crippen molar-refractivity contribution in [3.63, 3.8) is 0 Å². The number of aryl methyl sites for hydroxylation is 1. The van der Waals surface area contributed by atoms with Crippen LogP contribution in [0.5, 0.6) is 0 Å². The van der Waals surface area contributed by atoms with Gasteiger partial charge in [0, 0.05) is 18.5 Å². The summed E-state index contributed by atoms with van der Waals surface area (Å²) in [5, 5.41) is 9.08. The van der Waals surface area contributed by atoms with Gasteiger partial charge in [-0.15, -0.1) is 11.3 Å². The lowest BCUT2D eigenvalue weighted by Crippen LogP contribution is -2.33. The van der Waals surface area contributed by atoms with Crippen molar-refractivity contribution in [3.8, 4) is 0 Å². The van der Waals surface area contributed by atoms with E-state index in [0.29, 0.717) is 13.1 Å². The summed E-state index contributed by atoms with van der Waals surface area (Å²) >= 11 is 1.67. The van der Waals surface area contributed by atoms with Gasteiger partial charge in [-0.3, -0.25) is 4.79 Å². The lowest BCUT2D eigenvalue weighted by atomic mass is 10.4. The lowest BCUT2D eigenvalue weighted by Gasteiger charge is -2.03. The number of aromatic nitrogens is 1. The molecular formula is C11H19N3OS. The Kier molecular flexibility index (Phi) is 6.03. The van der Waals surface area contributed by atoms with Gasteiger partial charge in [0.25, 0.3) is 0 Å². The van der Waals surface area contributed by atoms with E-state index in [9.17, 15) is 4.79 Å². The predicted octanol–water partition coefficient (Wildman–Crippen LogP) is 1.32. The first-order valence-electron chi connectivity index (χ1n) is 5.67. The van der Waals surface area contributed by atoms with Gasteiger partial charge in [0.1, 0.15) is 0 Å². The monoisotopic (exact) mass is 241 g/mol. The van der Waals surface area contributed by atoms with Crippen LogP contribution in [-0.2, 0) is 17.8 Å².